The molecule has 2 aliphatic rings. The van der Waals surface area contributed by atoms with Gasteiger partial charge in [-0.15, -0.1) is 0 Å². The minimum absolute atomic E-state index is 0.297. The number of ether oxygens (including phenoxy) is 1. The van der Waals surface area contributed by atoms with Gasteiger partial charge < -0.3 is 9.57 Å². The van der Waals surface area contributed by atoms with E-state index in [9.17, 15) is 14.0 Å². The summed E-state index contributed by atoms with van der Waals surface area (Å²) in [5, 5.41) is 4.35. The van der Waals surface area contributed by atoms with Gasteiger partial charge in [0.25, 0.3) is 5.91 Å². The SMILES string of the molecule is COc1cc(Cl)c(C)cc1N1C(=O)C2ON=C(c3ccc(F)cc3)C2C1=O. The molecule has 2 heterocycles. The van der Waals surface area contributed by atoms with Crippen molar-refractivity contribution in [2.24, 2.45) is 11.1 Å². The molecule has 0 saturated carbocycles. The standard InChI is InChI=1S/C19H14ClFN2O4/c1-9-7-13(14(26-2)8-12(9)20)23-18(24)15-16(22-27-17(15)19(23)25)10-3-5-11(21)6-4-10/h3-8,15,17H,1-2H3. The fraction of sp³-hybridized carbons (Fsp3) is 0.211. The maximum atomic E-state index is 13.2. The molecular weight excluding hydrogens is 375 g/mol. The number of hydrogen-bond acceptors (Lipinski definition) is 5. The lowest BCUT2D eigenvalue weighted by Gasteiger charge is -2.19. The lowest BCUT2D eigenvalue weighted by atomic mass is 9.94. The summed E-state index contributed by atoms with van der Waals surface area (Å²) in [6, 6.07) is 8.68. The number of aryl methyl sites for hydroxylation is 1. The first-order chi connectivity index (χ1) is 12.9. The number of imide groups is 1. The third-order valence-corrected chi connectivity index (χ3v) is 5.06. The molecule has 1 saturated heterocycles. The van der Waals surface area contributed by atoms with Gasteiger partial charge in [0.2, 0.25) is 12.0 Å². The quantitative estimate of drug-likeness (QED) is 0.758. The summed E-state index contributed by atoms with van der Waals surface area (Å²) < 4.78 is 18.5. The van der Waals surface area contributed by atoms with Crippen LogP contribution >= 0.6 is 11.6 Å². The number of amides is 2. The minimum atomic E-state index is -1.06. The van der Waals surface area contributed by atoms with Gasteiger partial charge in [-0.3, -0.25) is 9.59 Å². The number of benzene rings is 2. The Kier molecular flexibility index (Phi) is 4.11. The number of anilines is 1. The van der Waals surface area contributed by atoms with E-state index < -0.39 is 29.7 Å². The molecule has 2 amide bonds. The highest BCUT2D eigenvalue weighted by Gasteiger charge is 2.56. The van der Waals surface area contributed by atoms with Crippen LogP contribution in [0, 0.1) is 18.7 Å². The molecule has 8 heteroatoms. The Balaban J connectivity index is 1.75. The summed E-state index contributed by atoms with van der Waals surface area (Å²) in [7, 11) is 1.43. The Hall–Kier alpha value is -2.93. The molecule has 1 fully saturated rings. The van der Waals surface area contributed by atoms with Crippen molar-refractivity contribution < 1.29 is 23.6 Å². The number of rotatable bonds is 3. The molecule has 2 aromatic carbocycles. The van der Waals surface area contributed by atoms with Crippen LogP contribution in [0.5, 0.6) is 5.75 Å². The van der Waals surface area contributed by atoms with E-state index in [-0.39, 0.29) is 0 Å². The van der Waals surface area contributed by atoms with Crippen LogP contribution in [0.2, 0.25) is 5.02 Å². The summed E-state index contributed by atoms with van der Waals surface area (Å²) in [5.41, 5.74) is 1.81. The molecule has 2 unspecified atom stereocenters. The first-order valence-electron chi connectivity index (χ1n) is 8.14. The second-order valence-electron chi connectivity index (χ2n) is 6.27. The number of carbonyl (C=O) groups excluding carboxylic acids is 2. The maximum Gasteiger partial charge on any atom is 0.279 e. The zero-order valence-corrected chi connectivity index (χ0v) is 15.2. The topological polar surface area (TPSA) is 68.2 Å². The molecule has 4 rings (SSSR count). The number of nitrogens with zero attached hydrogens (tertiary/aromatic N) is 2. The first kappa shape index (κ1) is 17.5. The second-order valence-corrected chi connectivity index (χ2v) is 6.68. The van der Waals surface area contributed by atoms with Gasteiger partial charge in [0, 0.05) is 16.7 Å². The molecule has 0 aromatic heterocycles. The summed E-state index contributed by atoms with van der Waals surface area (Å²) in [6.07, 6.45) is -1.06. The second kappa shape index (κ2) is 6.35. The zero-order chi connectivity index (χ0) is 19.3. The van der Waals surface area contributed by atoms with E-state index in [1.54, 1.807) is 19.1 Å². The average Bonchev–Trinajstić information content (AvgIpc) is 3.19. The summed E-state index contributed by atoms with van der Waals surface area (Å²) in [6.45, 7) is 1.76. The van der Waals surface area contributed by atoms with Crippen LogP contribution in [-0.2, 0) is 14.4 Å². The summed E-state index contributed by atoms with van der Waals surface area (Å²) >= 11 is 6.11. The molecular formula is C19H14ClFN2O4. The van der Waals surface area contributed by atoms with E-state index in [2.05, 4.69) is 5.16 Å². The van der Waals surface area contributed by atoms with Crippen LogP contribution in [0.25, 0.3) is 0 Å². The third kappa shape index (κ3) is 2.66. The lowest BCUT2D eigenvalue weighted by Crippen LogP contribution is -2.33. The molecule has 0 radical (unpaired) electrons. The van der Waals surface area contributed by atoms with Crippen LogP contribution in [-0.4, -0.2) is 30.7 Å². The van der Waals surface area contributed by atoms with Crippen molar-refractivity contribution in [2.75, 3.05) is 12.0 Å². The predicted octanol–water partition coefficient (Wildman–Crippen LogP) is 3.09. The molecule has 0 spiro atoms. The number of methoxy groups -OCH3 is 1. The Labute approximate surface area is 159 Å². The number of hydrogen-bond donors (Lipinski definition) is 0. The molecule has 6 nitrogen and oxygen atoms in total. The number of carbonyl (C=O) groups is 2. The highest BCUT2D eigenvalue weighted by Crippen LogP contribution is 2.40. The van der Waals surface area contributed by atoms with E-state index in [4.69, 9.17) is 21.2 Å². The molecule has 27 heavy (non-hydrogen) atoms. The molecule has 138 valence electrons. The molecule has 2 atom stereocenters. The predicted molar refractivity (Wildman–Crippen MR) is 96.5 cm³/mol. The smallest absolute Gasteiger partial charge is 0.279 e. The van der Waals surface area contributed by atoms with Gasteiger partial charge in [-0.25, -0.2) is 9.29 Å². The van der Waals surface area contributed by atoms with Gasteiger partial charge in [-0.05, 0) is 30.7 Å². The highest BCUT2D eigenvalue weighted by atomic mass is 35.5. The van der Waals surface area contributed by atoms with Crippen LogP contribution in [0.4, 0.5) is 10.1 Å². The molecule has 2 aromatic rings. The fourth-order valence-corrected chi connectivity index (χ4v) is 3.41. The van der Waals surface area contributed by atoms with Crippen molar-refractivity contribution >= 4 is 34.8 Å². The van der Waals surface area contributed by atoms with Gasteiger partial charge in [0.1, 0.15) is 23.2 Å². The molecule has 0 aliphatic carbocycles. The molecule has 0 N–H and O–H groups in total. The van der Waals surface area contributed by atoms with Crippen molar-refractivity contribution in [1.82, 2.24) is 0 Å². The molecule has 2 aliphatic heterocycles. The highest BCUT2D eigenvalue weighted by molar-refractivity contribution is 6.34. The van der Waals surface area contributed by atoms with Gasteiger partial charge in [-0.2, -0.15) is 0 Å². The van der Waals surface area contributed by atoms with Crippen molar-refractivity contribution in [3.05, 3.63) is 58.4 Å². The van der Waals surface area contributed by atoms with E-state index in [1.807, 2.05) is 0 Å². The number of oxime groups is 1. The molecule has 0 bridgehead atoms. The Morgan fingerprint density at radius 1 is 1.19 bits per heavy atom. The van der Waals surface area contributed by atoms with Crippen LogP contribution in [0.1, 0.15) is 11.1 Å². The normalized spacial score (nSPS) is 21.2. The van der Waals surface area contributed by atoms with Gasteiger partial charge in [0.15, 0.2) is 0 Å². The largest absolute Gasteiger partial charge is 0.495 e. The van der Waals surface area contributed by atoms with Crippen molar-refractivity contribution in [2.45, 2.75) is 13.0 Å². The Morgan fingerprint density at radius 2 is 1.89 bits per heavy atom. The van der Waals surface area contributed by atoms with E-state index in [1.165, 1.54) is 31.4 Å². The third-order valence-electron chi connectivity index (χ3n) is 4.65. The zero-order valence-electron chi connectivity index (χ0n) is 14.4. The average molecular weight is 389 g/mol. The van der Waals surface area contributed by atoms with Crippen LogP contribution in [0.3, 0.4) is 0 Å². The van der Waals surface area contributed by atoms with Gasteiger partial charge >= 0.3 is 0 Å². The Morgan fingerprint density at radius 3 is 2.56 bits per heavy atom. The first-order valence-corrected chi connectivity index (χ1v) is 8.51. The monoisotopic (exact) mass is 388 g/mol. The summed E-state index contributed by atoms with van der Waals surface area (Å²) in [4.78, 5) is 32.2. The maximum absolute atomic E-state index is 13.2. The minimum Gasteiger partial charge on any atom is -0.495 e. The number of halogens is 2. The van der Waals surface area contributed by atoms with E-state index in [0.29, 0.717) is 33.3 Å². The van der Waals surface area contributed by atoms with E-state index in [0.717, 1.165) is 4.90 Å². The summed E-state index contributed by atoms with van der Waals surface area (Å²) in [5.74, 6) is -2.03. The van der Waals surface area contributed by atoms with Crippen molar-refractivity contribution in [3.63, 3.8) is 0 Å². The Bertz CT molecular complexity index is 990. The van der Waals surface area contributed by atoms with Gasteiger partial charge in [0.05, 0.1) is 12.8 Å². The van der Waals surface area contributed by atoms with Gasteiger partial charge in [-0.1, -0.05) is 28.9 Å². The number of fused-ring (bicyclic) bond motifs is 1. The van der Waals surface area contributed by atoms with Crippen molar-refractivity contribution in [3.8, 4) is 5.75 Å². The van der Waals surface area contributed by atoms with Crippen LogP contribution in [0.15, 0.2) is 41.6 Å². The van der Waals surface area contributed by atoms with E-state index >= 15 is 0 Å². The fourth-order valence-electron chi connectivity index (χ4n) is 3.26. The van der Waals surface area contributed by atoms with Crippen LogP contribution < -0.4 is 9.64 Å². The van der Waals surface area contributed by atoms with Crippen molar-refractivity contribution in [1.29, 1.82) is 0 Å². The lowest BCUT2D eigenvalue weighted by molar-refractivity contribution is -0.126.